The molecule has 1 aromatic heterocycles. The molecule has 1 aromatic carbocycles. The Morgan fingerprint density at radius 3 is 2.63 bits per heavy atom. The Morgan fingerprint density at radius 1 is 1.33 bits per heavy atom. The number of aromatic nitrogens is 2. The van der Waals surface area contributed by atoms with Crippen LogP contribution in [0.1, 0.15) is 55.7 Å². The molecule has 9 nitrogen and oxygen atoms in total. The summed E-state index contributed by atoms with van der Waals surface area (Å²) in [7, 11) is 0. The van der Waals surface area contributed by atoms with Crippen LogP contribution in [0.4, 0.5) is 11.4 Å². The van der Waals surface area contributed by atoms with Crippen LogP contribution in [0.25, 0.3) is 0 Å². The zero-order chi connectivity index (χ0) is 19.6. The van der Waals surface area contributed by atoms with Gasteiger partial charge < -0.3 is 14.2 Å². The van der Waals surface area contributed by atoms with E-state index in [-0.39, 0.29) is 29.2 Å². The molecular weight excluding hydrogens is 352 g/mol. The van der Waals surface area contributed by atoms with Crippen LogP contribution in [0, 0.1) is 10.1 Å². The average molecular weight is 374 g/mol. The molecule has 0 bridgehead atoms. The number of anilines is 1. The Bertz CT molecular complexity index is 850. The van der Waals surface area contributed by atoms with Gasteiger partial charge in [0.25, 0.3) is 11.6 Å². The molecule has 0 atom stereocenters. The number of benzene rings is 1. The lowest BCUT2D eigenvalue weighted by Gasteiger charge is -2.20. The third-order valence-electron chi connectivity index (χ3n) is 4.32. The summed E-state index contributed by atoms with van der Waals surface area (Å²) in [6.07, 6.45) is 2.03. The van der Waals surface area contributed by atoms with Gasteiger partial charge in [0.15, 0.2) is 12.4 Å². The predicted molar refractivity (Wildman–Crippen MR) is 96.7 cm³/mol. The molecule has 1 aliphatic heterocycles. The third-order valence-corrected chi connectivity index (χ3v) is 4.32. The van der Waals surface area contributed by atoms with Crippen LogP contribution in [-0.4, -0.2) is 34.1 Å². The first-order valence-electron chi connectivity index (χ1n) is 8.79. The molecule has 3 rings (SSSR count). The topological polar surface area (TPSA) is 112 Å². The number of ether oxygens (including phenoxy) is 1. The summed E-state index contributed by atoms with van der Waals surface area (Å²) in [5.74, 6) is 0.0409. The maximum Gasteiger partial charge on any atom is 0.341 e. The zero-order valence-corrected chi connectivity index (χ0v) is 15.6. The van der Waals surface area contributed by atoms with Crippen molar-refractivity contribution in [2.24, 2.45) is 0 Å². The van der Waals surface area contributed by atoms with Crippen molar-refractivity contribution in [3.8, 4) is 0 Å². The third kappa shape index (κ3) is 4.24. The van der Waals surface area contributed by atoms with E-state index in [2.05, 4.69) is 10.1 Å². The fraction of sp³-hybridized carbons (Fsp3) is 0.500. The van der Waals surface area contributed by atoms with E-state index >= 15 is 0 Å². The number of hydrogen-bond acceptors (Lipinski definition) is 8. The molecule has 144 valence electrons. The first-order valence-corrected chi connectivity index (χ1v) is 8.79. The summed E-state index contributed by atoms with van der Waals surface area (Å²) in [4.78, 5) is 29.4. The van der Waals surface area contributed by atoms with Crippen molar-refractivity contribution in [2.75, 3.05) is 18.0 Å². The SMILES string of the molecule is CC(C)(C)c1noc(COC(=O)c2cc([N+](=O)[O-])ccc2N2CCCC2)n1. The van der Waals surface area contributed by atoms with Gasteiger partial charge in [-0.05, 0) is 18.9 Å². The normalized spacial score (nSPS) is 14.4. The maximum atomic E-state index is 12.6. The van der Waals surface area contributed by atoms with Gasteiger partial charge >= 0.3 is 5.97 Å². The first-order chi connectivity index (χ1) is 12.8. The van der Waals surface area contributed by atoms with Crippen LogP contribution in [0.5, 0.6) is 0 Å². The van der Waals surface area contributed by atoms with E-state index in [4.69, 9.17) is 9.26 Å². The number of nitrogens with zero attached hydrogens (tertiary/aromatic N) is 4. The second-order valence-corrected chi connectivity index (χ2v) is 7.49. The lowest BCUT2D eigenvalue weighted by atomic mass is 9.96. The van der Waals surface area contributed by atoms with Crippen molar-refractivity contribution in [3.05, 3.63) is 45.6 Å². The maximum absolute atomic E-state index is 12.6. The number of carbonyl (C=O) groups excluding carboxylic acids is 1. The number of non-ortho nitro benzene ring substituents is 1. The van der Waals surface area contributed by atoms with Gasteiger partial charge in [-0.15, -0.1) is 0 Å². The molecule has 0 unspecified atom stereocenters. The monoisotopic (exact) mass is 374 g/mol. The second-order valence-electron chi connectivity index (χ2n) is 7.49. The Labute approximate surface area is 156 Å². The fourth-order valence-electron chi connectivity index (χ4n) is 2.86. The van der Waals surface area contributed by atoms with E-state index in [9.17, 15) is 14.9 Å². The summed E-state index contributed by atoms with van der Waals surface area (Å²) in [6.45, 7) is 7.24. The Kier molecular flexibility index (Phi) is 5.11. The van der Waals surface area contributed by atoms with Crippen LogP contribution in [-0.2, 0) is 16.8 Å². The quantitative estimate of drug-likeness (QED) is 0.445. The van der Waals surface area contributed by atoms with Crippen molar-refractivity contribution in [2.45, 2.75) is 45.6 Å². The van der Waals surface area contributed by atoms with E-state index in [1.165, 1.54) is 12.1 Å². The van der Waals surface area contributed by atoms with Gasteiger partial charge in [0.1, 0.15) is 0 Å². The van der Waals surface area contributed by atoms with Crippen LogP contribution >= 0.6 is 0 Å². The lowest BCUT2D eigenvalue weighted by Crippen LogP contribution is -2.21. The second kappa shape index (κ2) is 7.34. The van der Waals surface area contributed by atoms with Gasteiger partial charge in [-0.2, -0.15) is 4.98 Å². The number of carbonyl (C=O) groups is 1. The molecule has 0 radical (unpaired) electrons. The van der Waals surface area contributed by atoms with Gasteiger partial charge in [-0.1, -0.05) is 25.9 Å². The van der Waals surface area contributed by atoms with Gasteiger partial charge in [0, 0.05) is 30.6 Å². The molecule has 0 saturated carbocycles. The summed E-state index contributed by atoms with van der Waals surface area (Å²) in [5.41, 5.74) is 0.373. The zero-order valence-electron chi connectivity index (χ0n) is 15.6. The van der Waals surface area contributed by atoms with Crippen LogP contribution in [0.15, 0.2) is 22.7 Å². The number of nitro benzene ring substituents is 1. The van der Waals surface area contributed by atoms with E-state index in [1.54, 1.807) is 6.07 Å². The molecule has 9 heteroatoms. The average Bonchev–Trinajstić information content (AvgIpc) is 3.30. The molecule has 0 spiro atoms. The summed E-state index contributed by atoms with van der Waals surface area (Å²) >= 11 is 0. The summed E-state index contributed by atoms with van der Waals surface area (Å²) in [5, 5.41) is 15.0. The minimum absolute atomic E-state index is 0.155. The fourth-order valence-corrected chi connectivity index (χ4v) is 2.86. The first kappa shape index (κ1) is 18.8. The van der Waals surface area contributed by atoms with Gasteiger partial charge in [0.2, 0.25) is 0 Å². The standard InChI is InChI=1S/C18H22N4O5/c1-18(2,3)17-19-15(27-20-17)11-26-16(23)13-10-12(22(24)25)6-7-14(13)21-8-4-5-9-21/h6-7,10H,4-5,8-9,11H2,1-3H3. The number of rotatable bonds is 5. The highest BCUT2D eigenvalue weighted by atomic mass is 16.6. The molecule has 1 fully saturated rings. The predicted octanol–water partition coefficient (Wildman–Crippen LogP) is 3.23. The molecule has 1 saturated heterocycles. The van der Waals surface area contributed by atoms with Crippen molar-refractivity contribution >= 4 is 17.3 Å². The molecular formula is C18H22N4O5. The van der Waals surface area contributed by atoms with E-state index < -0.39 is 10.9 Å². The van der Waals surface area contributed by atoms with Crippen LogP contribution in [0.2, 0.25) is 0 Å². The molecule has 2 aromatic rings. The highest BCUT2D eigenvalue weighted by Gasteiger charge is 2.25. The van der Waals surface area contributed by atoms with E-state index in [1.807, 2.05) is 25.7 Å². The number of nitro groups is 1. The smallest absolute Gasteiger partial charge is 0.341 e. The van der Waals surface area contributed by atoms with Crippen molar-refractivity contribution in [3.63, 3.8) is 0 Å². The minimum atomic E-state index is -0.656. The lowest BCUT2D eigenvalue weighted by molar-refractivity contribution is -0.384. The van der Waals surface area contributed by atoms with Gasteiger partial charge in [-0.25, -0.2) is 4.79 Å². The summed E-state index contributed by atoms with van der Waals surface area (Å²) < 4.78 is 10.4. The molecule has 2 heterocycles. The van der Waals surface area contributed by atoms with E-state index in [0.29, 0.717) is 11.5 Å². The van der Waals surface area contributed by atoms with Crippen molar-refractivity contribution in [1.82, 2.24) is 10.1 Å². The van der Waals surface area contributed by atoms with Gasteiger partial charge in [0.05, 0.1) is 16.2 Å². The molecule has 0 aliphatic carbocycles. The van der Waals surface area contributed by atoms with E-state index in [0.717, 1.165) is 25.9 Å². The molecule has 0 N–H and O–H groups in total. The molecule has 27 heavy (non-hydrogen) atoms. The van der Waals surface area contributed by atoms with Gasteiger partial charge in [-0.3, -0.25) is 10.1 Å². The van der Waals surface area contributed by atoms with Crippen LogP contribution in [0.3, 0.4) is 0 Å². The Balaban J connectivity index is 1.79. The number of esters is 1. The largest absolute Gasteiger partial charge is 0.452 e. The summed E-state index contributed by atoms with van der Waals surface area (Å²) in [6, 6.07) is 4.26. The van der Waals surface area contributed by atoms with Crippen molar-refractivity contribution in [1.29, 1.82) is 0 Å². The Hall–Kier alpha value is -2.97. The van der Waals surface area contributed by atoms with Crippen LogP contribution < -0.4 is 4.90 Å². The minimum Gasteiger partial charge on any atom is -0.452 e. The van der Waals surface area contributed by atoms with Crippen molar-refractivity contribution < 1.29 is 19.0 Å². The molecule has 0 amide bonds. The highest BCUT2D eigenvalue weighted by molar-refractivity contribution is 5.96. The molecule has 1 aliphatic rings. The Morgan fingerprint density at radius 2 is 2.04 bits per heavy atom. The highest BCUT2D eigenvalue weighted by Crippen LogP contribution is 2.29. The number of hydrogen-bond donors (Lipinski definition) is 0.